The third-order valence-corrected chi connectivity index (χ3v) is 6.02. The van der Waals surface area contributed by atoms with Gasteiger partial charge in [-0.15, -0.1) is 0 Å². The zero-order valence-corrected chi connectivity index (χ0v) is 19.3. The number of benzene rings is 3. The van der Waals surface area contributed by atoms with Crippen molar-refractivity contribution < 1.29 is 13.9 Å². The van der Waals surface area contributed by atoms with Crippen molar-refractivity contribution in [2.45, 2.75) is 13.8 Å². The van der Waals surface area contributed by atoms with Crippen LogP contribution in [0.1, 0.15) is 18.1 Å². The normalized spacial score (nSPS) is 11.7. The highest BCUT2D eigenvalue weighted by atomic mass is 16.5. The summed E-state index contributed by atoms with van der Waals surface area (Å²) in [6, 6.07) is 22.0. The summed E-state index contributed by atoms with van der Waals surface area (Å²) in [5, 5.41) is 6.10. The fraction of sp³-hybridized carbons (Fsp3) is 0.103. The van der Waals surface area contributed by atoms with Crippen LogP contribution in [-0.4, -0.2) is 18.0 Å². The molecule has 168 valence electrons. The number of carbonyl (C=O) groups excluding carboxylic acids is 1. The smallest absolute Gasteiger partial charge is 0.249 e. The molecular formula is C29H24N2O3. The van der Waals surface area contributed by atoms with Crippen LogP contribution in [0.2, 0.25) is 0 Å². The number of carbonyl (C=O) groups is 1. The molecule has 0 bridgehead atoms. The van der Waals surface area contributed by atoms with Gasteiger partial charge in [-0.2, -0.15) is 0 Å². The number of pyridine rings is 1. The molecule has 2 aromatic heterocycles. The van der Waals surface area contributed by atoms with Crippen molar-refractivity contribution in [3.8, 4) is 16.9 Å². The monoisotopic (exact) mass is 448 g/mol. The lowest BCUT2D eigenvalue weighted by atomic mass is 9.94. The maximum atomic E-state index is 12.6. The van der Waals surface area contributed by atoms with Crippen LogP contribution in [0, 0.1) is 6.92 Å². The fourth-order valence-electron chi connectivity index (χ4n) is 4.41. The van der Waals surface area contributed by atoms with Gasteiger partial charge in [-0.05, 0) is 54.0 Å². The van der Waals surface area contributed by atoms with Crippen LogP contribution in [0.5, 0.6) is 5.75 Å². The second-order valence-electron chi connectivity index (χ2n) is 8.17. The van der Waals surface area contributed by atoms with Crippen molar-refractivity contribution >= 4 is 39.0 Å². The van der Waals surface area contributed by atoms with Gasteiger partial charge in [0.05, 0.1) is 13.4 Å². The summed E-state index contributed by atoms with van der Waals surface area (Å²) in [5.41, 5.74) is 5.38. The predicted octanol–water partition coefficient (Wildman–Crippen LogP) is 7.01. The average molecular weight is 449 g/mol. The van der Waals surface area contributed by atoms with Gasteiger partial charge in [-0.25, -0.2) is 4.98 Å². The number of fused-ring (bicyclic) bond motifs is 2. The largest absolute Gasteiger partial charge is 0.496 e. The average Bonchev–Trinajstić information content (AvgIpc) is 3.28. The van der Waals surface area contributed by atoms with Crippen molar-refractivity contribution in [2.75, 3.05) is 12.4 Å². The Hall–Kier alpha value is -4.38. The number of rotatable bonds is 5. The molecule has 0 unspecified atom stereocenters. The molecule has 0 radical (unpaired) electrons. The standard InChI is InChI=1S/C29H24N2O3/c1-18(15-27(32)31-26-13-6-7-14-30-26)23-16-24-25(17-34-29(24)19(2)28(23)33-3)22-12-8-10-20-9-4-5-11-21(20)22/h4-17H,1-3H3,(H,30,31,32)/b18-15+. The number of hydrogen-bond acceptors (Lipinski definition) is 4. The highest BCUT2D eigenvalue weighted by molar-refractivity contribution is 6.08. The van der Waals surface area contributed by atoms with Crippen molar-refractivity contribution in [3.05, 3.63) is 96.4 Å². The summed E-state index contributed by atoms with van der Waals surface area (Å²) in [5.74, 6) is 0.936. The maximum Gasteiger partial charge on any atom is 0.249 e. The second-order valence-corrected chi connectivity index (χ2v) is 8.17. The van der Waals surface area contributed by atoms with E-state index >= 15 is 0 Å². The summed E-state index contributed by atoms with van der Waals surface area (Å²) >= 11 is 0. The van der Waals surface area contributed by atoms with E-state index in [1.807, 2.05) is 38.1 Å². The first-order valence-corrected chi connectivity index (χ1v) is 11.0. The second kappa shape index (κ2) is 8.87. The van der Waals surface area contributed by atoms with Gasteiger partial charge in [0.25, 0.3) is 0 Å². The zero-order chi connectivity index (χ0) is 23.7. The first kappa shape index (κ1) is 21.5. The van der Waals surface area contributed by atoms with Gasteiger partial charge in [-0.1, -0.05) is 48.5 Å². The number of nitrogens with zero attached hydrogens (tertiary/aromatic N) is 1. The number of furan rings is 1. The zero-order valence-electron chi connectivity index (χ0n) is 19.3. The van der Waals surface area contributed by atoms with E-state index in [0.29, 0.717) is 11.6 Å². The molecule has 0 aliphatic heterocycles. The number of amides is 1. The molecule has 1 N–H and O–H groups in total. The minimum absolute atomic E-state index is 0.252. The Balaban J connectivity index is 1.63. The Morgan fingerprint density at radius 3 is 2.59 bits per heavy atom. The molecule has 0 saturated carbocycles. The molecule has 0 spiro atoms. The van der Waals surface area contributed by atoms with E-state index in [2.05, 4.69) is 40.6 Å². The van der Waals surface area contributed by atoms with Gasteiger partial charge < -0.3 is 14.5 Å². The van der Waals surface area contributed by atoms with E-state index in [4.69, 9.17) is 9.15 Å². The molecule has 0 fully saturated rings. The Bertz CT molecular complexity index is 1540. The SMILES string of the molecule is COc1c(/C(C)=C/C(=O)Nc2ccccn2)cc2c(-c3cccc4ccccc34)coc2c1C. The molecule has 5 heteroatoms. The molecule has 1 amide bonds. The van der Waals surface area contributed by atoms with Crippen LogP contribution >= 0.6 is 0 Å². The van der Waals surface area contributed by atoms with E-state index in [0.717, 1.165) is 44.2 Å². The van der Waals surface area contributed by atoms with Gasteiger partial charge >= 0.3 is 0 Å². The molecule has 0 aliphatic carbocycles. The Morgan fingerprint density at radius 1 is 1.00 bits per heavy atom. The molecule has 0 saturated heterocycles. The number of hydrogen-bond donors (Lipinski definition) is 1. The van der Waals surface area contributed by atoms with Crippen molar-refractivity contribution in [3.63, 3.8) is 0 Å². The first-order valence-electron chi connectivity index (χ1n) is 11.0. The third-order valence-electron chi connectivity index (χ3n) is 6.02. The number of ether oxygens (including phenoxy) is 1. The molecule has 5 nitrogen and oxygen atoms in total. The van der Waals surface area contributed by atoms with Gasteiger partial charge in [0.15, 0.2) is 0 Å². The Morgan fingerprint density at radius 2 is 1.79 bits per heavy atom. The van der Waals surface area contributed by atoms with Gasteiger partial charge in [-0.3, -0.25) is 4.79 Å². The van der Waals surface area contributed by atoms with Crippen molar-refractivity contribution in [1.82, 2.24) is 4.98 Å². The molecule has 2 heterocycles. The van der Waals surface area contributed by atoms with Crippen LogP contribution in [0.3, 0.4) is 0 Å². The lowest BCUT2D eigenvalue weighted by Gasteiger charge is -2.13. The number of nitrogens with one attached hydrogen (secondary N) is 1. The molecule has 0 atom stereocenters. The topological polar surface area (TPSA) is 64.4 Å². The molecule has 5 aromatic rings. The minimum Gasteiger partial charge on any atom is -0.496 e. The molecular weight excluding hydrogens is 424 g/mol. The van der Waals surface area contributed by atoms with Crippen LogP contribution in [-0.2, 0) is 4.79 Å². The summed E-state index contributed by atoms with van der Waals surface area (Å²) in [6.07, 6.45) is 5.01. The maximum absolute atomic E-state index is 12.6. The summed E-state index contributed by atoms with van der Waals surface area (Å²) < 4.78 is 11.8. The van der Waals surface area contributed by atoms with Gasteiger partial charge in [0.2, 0.25) is 5.91 Å². The summed E-state index contributed by atoms with van der Waals surface area (Å²) in [7, 11) is 1.63. The van der Waals surface area contributed by atoms with Crippen molar-refractivity contribution in [1.29, 1.82) is 0 Å². The summed E-state index contributed by atoms with van der Waals surface area (Å²) in [6.45, 7) is 3.88. The molecule has 5 rings (SSSR count). The van der Waals surface area contributed by atoms with E-state index in [9.17, 15) is 4.79 Å². The number of anilines is 1. The minimum atomic E-state index is -0.252. The van der Waals surface area contributed by atoms with Crippen molar-refractivity contribution in [2.24, 2.45) is 0 Å². The third kappa shape index (κ3) is 3.82. The first-order chi connectivity index (χ1) is 16.6. The van der Waals surface area contributed by atoms with Crippen LogP contribution in [0.15, 0.2) is 89.7 Å². The van der Waals surface area contributed by atoms with E-state index in [-0.39, 0.29) is 5.91 Å². The van der Waals surface area contributed by atoms with Gasteiger partial charge in [0, 0.05) is 34.3 Å². The highest BCUT2D eigenvalue weighted by Crippen LogP contribution is 2.42. The lowest BCUT2D eigenvalue weighted by Crippen LogP contribution is -2.09. The quantitative estimate of drug-likeness (QED) is 0.294. The van der Waals surface area contributed by atoms with E-state index in [1.165, 1.54) is 5.39 Å². The van der Waals surface area contributed by atoms with E-state index < -0.39 is 0 Å². The summed E-state index contributed by atoms with van der Waals surface area (Å²) in [4.78, 5) is 16.8. The predicted molar refractivity (Wildman–Crippen MR) is 137 cm³/mol. The number of methoxy groups -OCH3 is 1. The number of aryl methyl sites for hydroxylation is 1. The van der Waals surface area contributed by atoms with Gasteiger partial charge in [0.1, 0.15) is 17.2 Å². The highest BCUT2D eigenvalue weighted by Gasteiger charge is 2.19. The molecule has 34 heavy (non-hydrogen) atoms. The lowest BCUT2D eigenvalue weighted by molar-refractivity contribution is -0.111. The Kier molecular flexibility index (Phi) is 5.60. The van der Waals surface area contributed by atoms with Crippen LogP contribution in [0.4, 0.5) is 5.82 Å². The van der Waals surface area contributed by atoms with Crippen LogP contribution < -0.4 is 10.1 Å². The molecule has 0 aliphatic rings. The molecule has 3 aromatic carbocycles. The van der Waals surface area contributed by atoms with Crippen LogP contribution in [0.25, 0.3) is 38.4 Å². The Labute approximate surface area is 197 Å². The van der Waals surface area contributed by atoms with E-state index in [1.54, 1.807) is 37.8 Å². The fourth-order valence-corrected chi connectivity index (χ4v) is 4.41. The number of aromatic nitrogens is 1. The number of allylic oxidation sites excluding steroid dienone is 1.